The number of carbonyl (C=O) groups excluding carboxylic acids is 1. The molecule has 0 saturated carbocycles. The van der Waals surface area contributed by atoms with Crippen molar-refractivity contribution in [1.29, 1.82) is 0 Å². The van der Waals surface area contributed by atoms with E-state index < -0.39 is 10.0 Å². The molecule has 1 heterocycles. The monoisotopic (exact) mass is 511 g/mol. The van der Waals surface area contributed by atoms with E-state index in [1.807, 2.05) is 36.4 Å². The maximum atomic E-state index is 13.1. The average Bonchev–Trinajstić information content (AvgIpc) is 2.88. The van der Waals surface area contributed by atoms with Gasteiger partial charge >= 0.3 is 0 Å². The van der Waals surface area contributed by atoms with Gasteiger partial charge < -0.3 is 9.80 Å². The Hall–Kier alpha value is -3.03. The van der Waals surface area contributed by atoms with Crippen LogP contribution in [0, 0.1) is 0 Å². The molecule has 0 aliphatic carbocycles. The number of carbonyl (C=O) groups is 1. The molecule has 0 aromatic heterocycles. The highest BCUT2D eigenvalue weighted by molar-refractivity contribution is 7.92. The number of unbranched alkanes of at least 4 members (excludes halogenated alkanes) is 1. The zero-order valence-corrected chi connectivity index (χ0v) is 21.4. The van der Waals surface area contributed by atoms with Crippen LogP contribution in [0.15, 0.2) is 77.7 Å². The van der Waals surface area contributed by atoms with Crippen LogP contribution in [0.5, 0.6) is 0 Å². The van der Waals surface area contributed by atoms with Gasteiger partial charge in [0, 0.05) is 37.4 Å². The number of benzene rings is 3. The molecule has 8 heteroatoms. The number of amides is 1. The standard InChI is InChI=1S/C27H30ClN3O3S/c1-2-3-7-21-12-14-23(15-13-21)29-35(33,34)24-9-6-8-22(20-24)27(32)31-18-16-30(17-19-31)26-11-5-4-10-25(26)28/h4-6,8-15,20,29H,2-3,7,16-19H2,1H3. The van der Waals surface area contributed by atoms with Gasteiger partial charge in [-0.1, -0.05) is 55.3 Å². The van der Waals surface area contributed by atoms with Gasteiger partial charge in [0.15, 0.2) is 0 Å². The van der Waals surface area contributed by atoms with Crippen molar-refractivity contribution in [2.45, 2.75) is 31.1 Å². The first-order chi connectivity index (χ1) is 16.9. The Morgan fingerprint density at radius 2 is 1.66 bits per heavy atom. The first-order valence-electron chi connectivity index (χ1n) is 11.9. The molecule has 1 N–H and O–H groups in total. The van der Waals surface area contributed by atoms with Crippen LogP contribution in [0.4, 0.5) is 11.4 Å². The van der Waals surface area contributed by atoms with Crippen LogP contribution in [0.2, 0.25) is 5.02 Å². The third-order valence-corrected chi connectivity index (χ3v) is 7.88. The Morgan fingerprint density at radius 1 is 0.943 bits per heavy atom. The fourth-order valence-corrected chi connectivity index (χ4v) is 5.53. The minimum Gasteiger partial charge on any atom is -0.367 e. The second-order valence-corrected chi connectivity index (χ2v) is 10.8. The molecule has 1 aliphatic rings. The van der Waals surface area contributed by atoms with Crippen LogP contribution in [0.25, 0.3) is 0 Å². The first kappa shape index (κ1) is 25.1. The van der Waals surface area contributed by atoms with Gasteiger partial charge in [0.05, 0.1) is 15.6 Å². The number of nitrogens with zero attached hydrogens (tertiary/aromatic N) is 2. The predicted molar refractivity (Wildman–Crippen MR) is 142 cm³/mol. The molecule has 6 nitrogen and oxygen atoms in total. The summed E-state index contributed by atoms with van der Waals surface area (Å²) < 4.78 is 28.6. The van der Waals surface area contributed by atoms with Gasteiger partial charge in [0.1, 0.15) is 0 Å². The summed E-state index contributed by atoms with van der Waals surface area (Å²) in [5.74, 6) is -0.180. The Kier molecular flexibility index (Phi) is 7.98. The molecule has 4 rings (SSSR count). The van der Waals surface area contributed by atoms with E-state index in [0.29, 0.717) is 42.5 Å². The highest BCUT2D eigenvalue weighted by Gasteiger charge is 2.24. The number of piperazine rings is 1. The molecule has 0 spiro atoms. The number of anilines is 2. The van der Waals surface area contributed by atoms with Gasteiger partial charge in [-0.3, -0.25) is 9.52 Å². The van der Waals surface area contributed by atoms with Gasteiger partial charge in [-0.2, -0.15) is 0 Å². The lowest BCUT2D eigenvalue weighted by Gasteiger charge is -2.36. The molecule has 1 fully saturated rings. The van der Waals surface area contributed by atoms with E-state index >= 15 is 0 Å². The Morgan fingerprint density at radius 3 is 2.34 bits per heavy atom. The number of aryl methyl sites for hydroxylation is 1. The lowest BCUT2D eigenvalue weighted by Crippen LogP contribution is -2.48. The van der Waals surface area contributed by atoms with Crippen molar-refractivity contribution in [3.8, 4) is 0 Å². The summed E-state index contributed by atoms with van der Waals surface area (Å²) in [6, 6.07) is 21.3. The molecule has 1 saturated heterocycles. The van der Waals surface area contributed by atoms with Crippen LogP contribution in [0.3, 0.4) is 0 Å². The van der Waals surface area contributed by atoms with Crippen molar-refractivity contribution in [3.05, 3.63) is 88.9 Å². The average molecular weight is 512 g/mol. The topological polar surface area (TPSA) is 69.7 Å². The summed E-state index contributed by atoms with van der Waals surface area (Å²) in [5, 5.41) is 0.688. The number of nitrogens with one attached hydrogen (secondary N) is 1. The zero-order valence-electron chi connectivity index (χ0n) is 19.8. The molecule has 3 aromatic rings. The SMILES string of the molecule is CCCCc1ccc(NS(=O)(=O)c2cccc(C(=O)N3CCN(c4ccccc4Cl)CC3)c2)cc1. The van der Waals surface area contributed by atoms with Crippen LogP contribution in [0.1, 0.15) is 35.7 Å². The number of rotatable bonds is 8. The lowest BCUT2D eigenvalue weighted by atomic mass is 10.1. The lowest BCUT2D eigenvalue weighted by molar-refractivity contribution is 0.0746. The molecule has 0 atom stereocenters. The second-order valence-electron chi connectivity index (χ2n) is 8.66. The maximum absolute atomic E-state index is 13.1. The van der Waals surface area contributed by atoms with Gasteiger partial charge in [0.25, 0.3) is 15.9 Å². The van der Waals surface area contributed by atoms with Crippen LogP contribution in [-0.4, -0.2) is 45.4 Å². The highest BCUT2D eigenvalue weighted by Crippen LogP contribution is 2.26. The van der Waals surface area contributed by atoms with Gasteiger partial charge in [-0.25, -0.2) is 8.42 Å². The number of hydrogen-bond donors (Lipinski definition) is 1. The van der Waals surface area contributed by atoms with E-state index in [4.69, 9.17) is 11.6 Å². The van der Waals surface area contributed by atoms with Gasteiger partial charge in [0.2, 0.25) is 0 Å². The summed E-state index contributed by atoms with van der Waals surface area (Å²) >= 11 is 6.31. The normalized spacial score (nSPS) is 14.1. The first-order valence-corrected chi connectivity index (χ1v) is 13.7. The van der Waals surface area contributed by atoms with Crippen LogP contribution >= 0.6 is 11.6 Å². The number of sulfonamides is 1. The largest absolute Gasteiger partial charge is 0.367 e. The summed E-state index contributed by atoms with van der Waals surface area (Å²) in [4.78, 5) is 17.1. The molecule has 35 heavy (non-hydrogen) atoms. The minimum absolute atomic E-state index is 0.0631. The zero-order chi connectivity index (χ0) is 24.8. The van der Waals surface area contributed by atoms with Crippen molar-refractivity contribution >= 4 is 38.9 Å². The van der Waals surface area contributed by atoms with Crippen molar-refractivity contribution in [2.75, 3.05) is 35.8 Å². The number of halogens is 1. The van der Waals surface area contributed by atoms with E-state index in [1.54, 1.807) is 29.2 Å². The molecule has 0 bridgehead atoms. The Balaban J connectivity index is 1.41. The molecule has 184 valence electrons. The molecule has 0 unspecified atom stereocenters. The van der Waals surface area contributed by atoms with Crippen molar-refractivity contribution in [2.24, 2.45) is 0 Å². The second kappa shape index (κ2) is 11.1. The fourth-order valence-electron chi connectivity index (χ4n) is 4.17. The van der Waals surface area contributed by atoms with E-state index in [9.17, 15) is 13.2 Å². The Labute approximate surface area is 212 Å². The highest BCUT2D eigenvalue weighted by atomic mass is 35.5. The summed E-state index contributed by atoms with van der Waals surface area (Å²) in [5.41, 5.74) is 2.99. The molecule has 3 aromatic carbocycles. The molecular formula is C27H30ClN3O3S. The molecule has 0 radical (unpaired) electrons. The third-order valence-electron chi connectivity index (χ3n) is 6.18. The van der Waals surface area contributed by atoms with Crippen LogP contribution < -0.4 is 9.62 Å². The van der Waals surface area contributed by atoms with E-state index in [-0.39, 0.29) is 10.8 Å². The third kappa shape index (κ3) is 6.16. The summed E-state index contributed by atoms with van der Waals surface area (Å²) in [6.45, 7) is 4.52. The minimum atomic E-state index is -3.82. The van der Waals surface area contributed by atoms with Crippen molar-refractivity contribution in [1.82, 2.24) is 4.90 Å². The van der Waals surface area contributed by atoms with E-state index in [0.717, 1.165) is 24.9 Å². The summed E-state index contributed by atoms with van der Waals surface area (Å²) in [6.07, 6.45) is 3.18. The smallest absolute Gasteiger partial charge is 0.261 e. The number of hydrogen-bond acceptors (Lipinski definition) is 4. The Bertz CT molecular complexity index is 1270. The van der Waals surface area contributed by atoms with Crippen molar-refractivity contribution in [3.63, 3.8) is 0 Å². The fraction of sp³-hybridized carbons (Fsp3) is 0.296. The van der Waals surface area contributed by atoms with Gasteiger partial charge in [-0.15, -0.1) is 0 Å². The predicted octanol–water partition coefficient (Wildman–Crippen LogP) is 5.45. The van der Waals surface area contributed by atoms with Crippen LogP contribution in [-0.2, 0) is 16.4 Å². The molecular weight excluding hydrogens is 482 g/mol. The quantitative estimate of drug-likeness (QED) is 0.437. The van der Waals surface area contributed by atoms with Crippen molar-refractivity contribution < 1.29 is 13.2 Å². The van der Waals surface area contributed by atoms with Gasteiger partial charge in [-0.05, 0) is 60.9 Å². The maximum Gasteiger partial charge on any atom is 0.261 e. The van der Waals surface area contributed by atoms with E-state index in [1.165, 1.54) is 17.7 Å². The number of para-hydroxylation sites is 1. The molecule has 1 aliphatic heterocycles. The van der Waals surface area contributed by atoms with E-state index in [2.05, 4.69) is 16.5 Å². The summed E-state index contributed by atoms with van der Waals surface area (Å²) in [7, 11) is -3.82. The molecule has 1 amide bonds.